The Labute approximate surface area is 95.0 Å². The molecule has 1 aromatic carbocycles. The number of nitrogens with two attached hydrogens (primary N) is 1. The minimum atomic E-state index is -0.440. The van der Waals surface area contributed by atoms with Crippen LogP contribution in [0.1, 0.15) is 18.9 Å². The molecule has 0 fully saturated rings. The molecule has 4 heteroatoms. The number of nitrogen functional groups attached to an aromatic ring is 1. The lowest BCUT2D eigenvalue weighted by molar-refractivity contribution is -0.143. The van der Waals surface area contributed by atoms with Crippen molar-refractivity contribution < 1.29 is 14.6 Å². The van der Waals surface area contributed by atoms with Crippen LogP contribution in [0.5, 0.6) is 0 Å². The number of ether oxygens (including phenoxy) is 1. The van der Waals surface area contributed by atoms with E-state index in [0.717, 1.165) is 5.56 Å². The lowest BCUT2D eigenvalue weighted by Crippen LogP contribution is -2.12. The highest BCUT2D eigenvalue weighted by Crippen LogP contribution is 2.06. The Hall–Kier alpha value is -1.55. The molecule has 0 aliphatic heterocycles. The van der Waals surface area contributed by atoms with Gasteiger partial charge < -0.3 is 15.6 Å². The molecule has 1 unspecified atom stereocenters. The van der Waals surface area contributed by atoms with Crippen molar-refractivity contribution >= 4 is 11.7 Å². The lowest BCUT2D eigenvalue weighted by atomic mass is 10.1. The summed E-state index contributed by atoms with van der Waals surface area (Å²) in [6, 6.07) is 7.09. The Morgan fingerprint density at radius 2 is 2.06 bits per heavy atom. The number of benzene rings is 1. The van der Waals surface area contributed by atoms with Gasteiger partial charge >= 0.3 is 5.97 Å². The molecule has 1 aromatic rings. The van der Waals surface area contributed by atoms with E-state index in [-0.39, 0.29) is 19.0 Å². The Morgan fingerprint density at radius 3 is 2.62 bits per heavy atom. The van der Waals surface area contributed by atoms with E-state index in [2.05, 4.69) is 0 Å². The minimum Gasteiger partial charge on any atom is -0.465 e. The van der Waals surface area contributed by atoms with Crippen molar-refractivity contribution in [3.05, 3.63) is 29.8 Å². The number of hydrogen-bond donors (Lipinski definition) is 2. The van der Waals surface area contributed by atoms with Gasteiger partial charge in [0.2, 0.25) is 0 Å². The van der Waals surface area contributed by atoms with E-state index in [0.29, 0.717) is 12.1 Å². The molecule has 0 amide bonds. The molecular weight excluding hydrogens is 206 g/mol. The monoisotopic (exact) mass is 223 g/mol. The normalized spacial score (nSPS) is 12.1. The van der Waals surface area contributed by atoms with E-state index in [1.165, 1.54) is 0 Å². The standard InChI is InChI=1S/C12H17NO3/c1-9(14)6-7-16-12(15)8-10-2-4-11(13)5-3-10/h2-5,9,14H,6-8,13H2,1H3. The first kappa shape index (κ1) is 12.5. The van der Waals surface area contributed by atoms with Gasteiger partial charge in [0.1, 0.15) is 0 Å². The third-order valence-electron chi connectivity index (χ3n) is 2.13. The maximum atomic E-state index is 11.3. The van der Waals surface area contributed by atoms with Gasteiger partial charge in [0, 0.05) is 12.1 Å². The number of anilines is 1. The van der Waals surface area contributed by atoms with Crippen molar-refractivity contribution in [2.45, 2.75) is 25.9 Å². The van der Waals surface area contributed by atoms with Crippen LogP contribution < -0.4 is 5.73 Å². The second-order valence-electron chi connectivity index (χ2n) is 3.78. The van der Waals surface area contributed by atoms with Gasteiger partial charge in [-0.15, -0.1) is 0 Å². The molecule has 88 valence electrons. The van der Waals surface area contributed by atoms with Crippen molar-refractivity contribution in [1.29, 1.82) is 0 Å². The molecule has 0 saturated carbocycles. The molecule has 0 heterocycles. The highest BCUT2D eigenvalue weighted by molar-refractivity contribution is 5.72. The molecule has 0 aromatic heterocycles. The van der Waals surface area contributed by atoms with E-state index in [9.17, 15) is 4.79 Å². The van der Waals surface area contributed by atoms with Gasteiger partial charge in [-0.2, -0.15) is 0 Å². The molecule has 0 bridgehead atoms. The fraction of sp³-hybridized carbons (Fsp3) is 0.417. The van der Waals surface area contributed by atoms with Crippen LogP contribution >= 0.6 is 0 Å². The molecule has 0 aliphatic rings. The number of aliphatic hydroxyl groups excluding tert-OH is 1. The number of carbonyl (C=O) groups is 1. The Bertz CT molecular complexity index is 333. The summed E-state index contributed by atoms with van der Waals surface area (Å²) >= 11 is 0. The summed E-state index contributed by atoms with van der Waals surface area (Å²) in [7, 11) is 0. The first-order valence-corrected chi connectivity index (χ1v) is 5.26. The zero-order valence-corrected chi connectivity index (χ0v) is 9.35. The number of rotatable bonds is 5. The zero-order chi connectivity index (χ0) is 12.0. The molecule has 4 nitrogen and oxygen atoms in total. The summed E-state index contributed by atoms with van der Waals surface area (Å²) in [6.07, 6.45) is 0.262. The van der Waals surface area contributed by atoms with Crippen LogP contribution in [0.3, 0.4) is 0 Å². The van der Waals surface area contributed by atoms with Gasteiger partial charge in [-0.3, -0.25) is 4.79 Å². The van der Waals surface area contributed by atoms with Crippen LogP contribution in [0, 0.1) is 0 Å². The molecular formula is C12H17NO3. The molecule has 0 radical (unpaired) electrons. The second kappa shape index (κ2) is 6.12. The molecule has 1 atom stereocenters. The smallest absolute Gasteiger partial charge is 0.310 e. The Balaban J connectivity index is 2.31. The number of aliphatic hydroxyl groups is 1. The van der Waals surface area contributed by atoms with Crippen LogP contribution in [0.2, 0.25) is 0 Å². The average molecular weight is 223 g/mol. The summed E-state index contributed by atoms with van der Waals surface area (Å²) in [5, 5.41) is 8.98. The van der Waals surface area contributed by atoms with Crippen molar-refractivity contribution in [3.63, 3.8) is 0 Å². The van der Waals surface area contributed by atoms with E-state index < -0.39 is 6.10 Å². The molecule has 0 saturated heterocycles. The van der Waals surface area contributed by atoms with Crippen LogP contribution in [0.15, 0.2) is 24.3 Å². The highest BCUT2D eigenvalue weighted by Gasteiger charge is 2.05. The van der Waals surface area contributed by atoms with Crippen LogP contribution in [0.25, 0.3) is 0 Å². The van der Waals surface area contributed by atoms with E-state index in [1.54, 1.807) is 31.2 Å². The van der Waals surface area contributed by atoms with Crippen molar-refractivity contribution in [2.75, 3.05) is 12.3 Å². The maximum Gasteiger partial charge on any atom is 0.310 e. The third kappa shape index (κ3) is 4.79. The third-order valence-corrected chi connectivity index (χ3v) is 2.13. The maximum absolute atomic E-state index is 11.3. The van der Waals surface area contributed by atoms with Crippen molar-refractivity contribution in [2.24, 2.45) is 0 Å². The van der Waals surface area contributed by atoms with Gasteiger partial charge in [-0.05, 0) is 24.6 Å². The molecule has 16 heavy (non-hydrogen) atoms. The summed E-state index contributed by atoms with van der Waals surface area (Å²) in [5.41, 5.74) is 7.07. The molecule has 1 rings (SSSR count). The lowest BCUT2D eigenvalue weighted by Gasteiger charge is -2.06. The second-order valence-corrected chi connectivity index (χ2v) is 3.78. The number of hydrogen-bond acceptors (Lipinski definition) is 4. The predicted molar refractivity (Wildman–Crippen MR) is 61.8 cm³/mol. The van der Waals surface area contributed by atoms with E-state index >= 15 is 0 Å². The van der Waals surface area contributed by atoms with Crippen molar-refractivity contribution in [1.82, 2.24) is 0 Å². The van der Waals surface area contributed by atoms with Crippen LogP contribution in [-0.4, -0.2) is 23.8 Å². The SMILES string of the molecule is CC(O)CCOC(=O)Cc1ccc(N)cc1. The largest absolute Gasteiger partial charge is 0.465 e. The summed E-state index contributed by atoms with van der Waals surface area (Å²) in [4.78, 5) is 11.3. The van der Waals surface area contributed by atoms with Gasteiger partial charge in [0.25, 0.3) is 0 Å². The van der Waals surface area contributed by atoms with Crippen molar-refractivity contribution in [3.8, 4) is 0 Å². The van der Waals surface area contributed by atoms with Gasteiger partial charge in [-0.1, -0.05) is 12.1 Å². The Kier molecular flexibility index (Phi) is 4.79. The predicted octanol–water partition coefficient (Wildman–Crippen LogP) is 1.13. The quantitative estimate of drug-likeness (QED) is 0.579. The highest BCUT2D eigenvalue weighted by atomic mass is 16.5. The fourth-order valence-corrected chi connectivity index (χ4v) is 1.20. The molecule has 0 spiro atoms. The first-order valence-electron chi connectivity index (χ1n) is 5.26. The number of esters is 1. The summed E-state index contributed by atoms with van der Waals surface area (Å²) in [6.45, 7) is 1.92. The van der Waals surface area contributed by atoms with Gasteiger partial charge in [-0.25, -0.2) is 0 Å². The zero-order valence-electron chi connectivity index (χ0n) is 9.35. The van der Waals surface area contributed by atoms with Gasteiger partial charge in [0.15, 0.2) is 0 Å². The molecule has 0 aliphatic carbocycles. The number of carbonyl (C=O) groups excluding carboxylic acids is 1. The van der Waals surface area contributed by atoms with Crippen LogP contribution in [0.4, 0.5) is 5.69 Å². The van der Waals surface area contributed by atoms with Crippen LogP contribution in [-0.2, 0) is 16.0 Å². The summed E-state index contributed by atoms with van der Waals surface area (Å²) in [5.74, 6) is -0.287. The Morgan fingerprint density at radius 1 is 1.44 bits per heavy atom. The average Bonchev–Trinajstić information content (AvgIpc) is 2.21. The van der Waals surface area contributed by atoms with E-state index in [1.807, 2.05) is 0 Å². The van der Waals surface area contributed by atoms with Gasteiger partial charge in [0.05, 0.1) is 19.1 Å². The molecule has 3 N–H and O–H groups in total. The summed E-state index contributed by atoms with van der Waals surface area (Å²) < 4.78 is 4.96. The fourth-order valence-electron chi connectivity index (χ4n) is 1.20. The topological polar surface area (TPSA) is 72.5 Å². The first-order chi connectivity index (χ1) is 7.58. The van der Waals surface area contributed by atoms with E-state index in [4.69, 9.17) is 15.6 Å². The minimum absolute atomic E-state index is 0.236.